The van der Waals surface area contributed by atoms with Crippen LogP contribution in [0.4, 0.5) is 0 Å². The Kier molecular flexibility index (Phi) is 6.22. The number of hydrogen-bond acceptors (Lipinski definition) is 3. The average Bonchev–Trinajstić information content (AvgIpc) is 2.38. The van der Waals surface area contributed by atoms with Gasteiger partial charge in [-0.1, -0.05) is 51.0 Å². The Morgan fingerprint density at radius 1 is 1.05 bits per heavy atom. The Morgan fingerprint density at radius 3 is 2.21 bits per heavy atom. The highest BCUT2D eigenvalue weighted by Gasteiger charge is 2.17. The van der Waals surface area contributed by atoms with E-state index in [0.29, 0.717) is 12.0 Å². The van der Waals surface area contributed by atoms with E-state index in [-0.39, 0.29) is 17.3 Å². The van der Waals surface area contributed by atoms with Crippen LogP contribution >= 0.6 is 0 Å². The fraction of sp³-hybridized carbons (Fsp3) is 0.533. The quantitative estimate of drug-likeness (QED) is 0.544. The summed E-state index contributed by atoms with van der Waals surface area (Å²) in [6.45, 7) is 4.06. The normalized spacial score (nSPS) is 11.5. The van der Waals surface area contributed by atoms with Gasteiger partial charge < -0.3 is 0 Å². The summed E-state index contributed by atoms with van der Waals surface area (Å²) in [7, 11) is -3.27. The largest absolute Gasteiger partial charge is 0.293 e. The predicted octanol–water partition coefficient (Wildman–Crippen LogP) is 3.04. The molecule has 1 rings (SSSR count). The second-order valence-corrected chi connectivity index (χ2v) is 6.96. The molecule has 19 heavy (non-hydrogen) atoms. The molecule has 0 radical (unpaired) electrons. The van der Waals surface area contributed by atoms with Gasteiger partial charge in [-0.05, 0) is 18.4 Å². The lowest BCUT2D eigenvalue weighted by Crippen LogP contribution is -2.19. The molecule has 0 N–H and O–H groups in total. The Balaban J connectivity index is 2.62. The highest BCUT2D eigenvalue weighted by atomic mass is 32.2. The van der Waals surface area contributed by atoms with Crippen molar-refractivity contribution in [3.05, 3.63) is 35.4 Å². The lowest BCUT2D eigenvalue weighted by Gasteiger charge is -2.04. The Hall–Kier alpha value is -1.16. The van der Waals surface area contributed by atoms with Crippen LogP contribution in [0.15, 0.2) is 24.3 Å². The van der Waals surface area contributed by atoms with Crippen molar-refractivity contribution in [3.8, 4) is 0 Å². The van der Waals surface area contributed by atoms with Crippen molar-refractivity contribution in [1.82, 2.24) is 0 Å². The third-order valence-corrected chi connectivity index (χ3v) is 4.71. The second kappa shape index (κ2) is 7.43. The number of unbranched alkanes of at least 4 members (excludes halogenated alkanes) is 2. The summed E-state index contributed by atoms with van der Waals surface area (Å²) in [6.07, 6.45) is 3.41. The first kappa shape index (κ1) is 15.9. The molecule has 4 heteroatoms. The number of hydrogen-bond donors (Lipinski definition) is 0. The lowest BCUT2D eigenvalue weighted by atomic mass is 10.1. The van der Waals surface area contributed by atoms with E-state index in [4.69, 9.17) is 0 Å². The minimum absolute atomic E-state index is 0.111. The van der Waals surface area contributed by atoms with E-state index in [0.717, 1.165) is 24.8 Å². The van der Waals surface area contributed by atoms with Gasteiger partial charge in [0.15, 0.2) is 15.6 Å². The molecule has 106 valence electrons. The van der Waals surface area contributed by atoms with Crippen molar-refractivity contribution in [2.75, 3.05) is 11.5 Å². The topological polar surface area (TPSA) is 51.2 Å². The molecule has 0 aromatic heterocycles. The predicted molar refractivity (Wildman–Crippen MR) is 78.3 cm³/mol. The molecular formula is C15H22O3S. The van der Waals surface area contributed by atoms with E-state index in [1.807, 2.05) is 26.0 Å². The molecule has 0 bridgehead atoms. The van der Waals surface area contributed by atoms with Crippen LogP contribution in [0, 0.1) is 0 Å². The molecule has 1 aromatic rings. The first-order valence-electron chi connectivity index (χ1n) is 6.81. The average molecular weight is 282 g/mol. The van der Waals surface area contributed by atoms with Crippen LogP contribution in [-0.4, -0.2) is 25.7 Å². The highest BCUT2D eigenvalue weighted by Crippen LogP contribution is 2.08. The fourth-order valence-electron chi connectivity index (χ4n) is 1.85. The molecule has 0 saturated heterocycles. The minimum atomic E-state index is -3.27. The fourth-order valence-corrected chi connectivity index (χ4v) is 3.21. The van der Waals surface area contributed by atoms with Crippen LogP contribution in [0.1, 0.15) is 49.0 Å². The van der Waals surface area contributed by atoms with E-state index in [1.54, 1.807) is 12.1 Å². The van der Waals surface area contributed by atoms with Gasteiger partial charge in [0.2, 0.25) is 0 Å². The van der Waals surface area contributed by atoms with Gasteiger partial charge in [-0.25, -0.2) is 8.42 Å². The van der Waals surface area contributed by atoms with Gasteiger partial charge >= 0.3 is 0 Å². The number of sulfone groups is 1. The van der Waals surface area contributed by atoms with E-state index in [2.05, 4.69) is 0 Å². The molecular weight excluding hydrogens is 260 g/mol. The minimum Gasteiger partial charge on any atom is -0.293 e. The molecule has 0 amide bonds. The SMILES string of the molecule is CCCCCS(=O)(=O)CC(=O)c1ccc(CC)cc1. The van der Waals surface area contributed by atoms with Crippen molar-refractivity contribution in [2.45, 2.75) is 39.5 Å². The molecule has 0 atom stereocenters. The van der Waals surface area contributed by atoms with E-state index in [1.165, 1.54) is 0 Å². The number of aryl methyl sites for hydroxylation is 1. The zero-order valence-corrected chi connectivity index (χ0v) is 12.5. The summed E-state index contributed by atoms with van der Waals surface area (Å²) >= 11 is 0. The van der Waals surface area contributed by atoms with Gasteiger partial charge in [0.05, 0.1) is 5.75 Å². The Morgan fingerprint density at radius 2 is 1.68 bits per heavy atom. The summed E-state index contributed by atoms with van der Waals surface area (Å²) in [5, 5.41) is 0. The molecule has 1 aromatic carbocycles. The number of benzene rings is 1. The van der Waals surface area contributed by atoms with Crippen molar-refractivity contribution >= 4 is 15.6 Å². The van der Waals surface area contributed by atoms with Gasteiger partial charge in [0.1, 0.15) is 5.75 Å². The van der Waals surface area contributed by atoms with Crippen molar-refractivity contribution < 1.29 is 13.2 Å². The first-order valence-corrected chi connectivity index (χ1v) is 8.63. The standard InChI is InChI=1S/C15H22O3S/c1-3-5-6-11-19(17,18)12-15(16)14-9-7-13(4-2)8-10-14/h7-10H,3-6,11-12H2,1-2H3. The number of rotatable bonds is 8. The highest BCUT2D eigenvalue weighted by molar-refractivity contribution is 7.92. The van der Waals surface area contributed by atoms with Crippen LogP contribution < -0.4 is 0 Å². The number of carbonyl (C=O) groups excluding carboxylic acids is 1. The maximum absolute atomic E-state index is 11.9. The van der Waals surface area contributed by atoms with Crippen LogP contribution in [0.5, 0.6) is 0 Å². The van der Waals surface area contributed by atoms with Crippen LogP contribution in [0.25, 0.3) is 0 Å². The molecule has 0 unspecified atom stereocenters. The Bertz CT molecular complexity index is 501. The summed E-state index contributed by atoms with van der Waals surface area (Å²) in [5.74, 6) is -0.568. The molecule has 0 aliphatic heterocycles. The summed E-state index contributed by atoms with van der Waals surface area (Å²) in [6, 6.07) is 7.17. The lowest BCUT2D eigenvalue weighted by molar-refractivity contribution is 0.102. The molecule has 0 aliphatic carbocycles. The van der Waals surface area contributed by atoms with E-state index in [9.17, 15) is 13.2 Å². The van der Waals surface area contributed by atoms with Gasteiger partial charge in [0, 0.05) is 5.56 Å². The van der Waals surface area contributed by atoms with Gasteiger partial charge in [-0.2, -0.15) is 0 Å². The van der Waals surface area contributed by atoms with E-state index < -0.39 is 9.84 Å². The van der Waals surface area contributed by atoms with Crippen molar-refractivity contribution in [2.24, 2.45) is 0 Å². The molecule has 3 nitrogen and oxygen atoms in total. The number of carbonyl (C=O) groups is 1. The maximum atomic E-state index is 11.9. The third-order valence-electron chi connectivity index (χ3n) is 3.09. The van der Waals surface area contributed by atoms with Gasteiger partial charge in [-0.3, -0.25) is 4.79 Å². The number of Topliss-reactive ketones (excluding diaryl/α,β-unsaturated/α-hetero) is 1. The second-order valence-electron chi connectivity index (χ2n) is 4.77. The van der Waals surface area contributed by atoms with Crippen molar-refractivity contribution in [3.63, 3.8) is 0 Å². The molecule has 0 aliphatic rings. The number of ketones is 1. The van der Waals surface area contributed by atoms with Gasteiger partial charge in [0.25, 0.3) is 0 Å². The summed E-state index contributed by atoms with van der Waals surface area (Å²) in [5.41, 5.74) is 1.62. The third kappa shape index (κ3) is 5.55. The smallest absolute Gasteiger partial charge is 0.177 e. The molecule has 0 heterocycles. The summed E-state index contributed by atoms with van der Waals surface area (Å²) in [4.78, 5) is 11.9. The zero-order valence-electron chi connectivity index (χ0n) is 11.7. The van der Waals surface area contributed by atoms with Gasteiger partial charge in [-0.15, -0.1) is 0 Å². The zero-order chi connectivity index (χ0) is 14.3. The Labute approximate surface area is 116 Å². The molecule has 0 saturated carbocycles. The van der Waals surface area contributed by atoms with Crippen LogP contribution in [0.3, 0.4) is 0 Å². The molecule has 0 fully saturated rings. The summed E-state index contributed by atoms with van der Waals surface area (Å²) < 4.78 is 23.6. The molecule has 0 spiro atoms. The van der Waals surface area contributed by atoms with Crippen molar-refractivity contribution in [1.29, 1.82) is 0 Å². The maximum Gasteiger partial charge on any atom is 0.177 e. The van der Waals surface area contributed by atoms with Crippen LogP contribution in [0.2, 0.25) is 0 Å². The van der Waals surface area contributed by atoms with E-state index >= 15 is 0 Å². The first-order chi connectivity index (χ1) is 8.98. The monoisotopic (exact) mass is 282 g/mol. The van der Waals surface area contributed by atoms with Crippen LogP contribution in [-0.2, 0) is 16.3 Å².